The number of piperazine rings is 1. The minimum Gasteiger partial charge on any atom is -0.342 e. The molecule has 23 heavy (non-hydrogen) atoms. The first-order valence-electron chi connectivity index (χ1n) is 8.36. The highest BCUT2D eigenvalue weighted by molar-refractivity contribution is 7.88. The van der Waals surface area contributed by atoms with Crippen molar-refractivity contribution in [1.82, 2.24) is 14.1 Å². The lowest BCUT2D eigenvalue weighted by Crippen LogP contribution is -2.49. The topological polar surface area (TPSA) is 78.0 Å². The predicted molar refractivity (Wildman–Crippen MR) is 87.3 cm³/mol. The van der Waals surface area contributed by atoms with E-state index in [1.165, 1.54) is 10.6 Å². The maximum atomic E-state index is 12.3. The van der Waals surface area contributed by atoms with E-state index in [1.54, 1.807) is 9.80 Å². The van der Waals surface area contributed by atoms with Crippen LogP contribution in [0.1, 0.15) is 38.5 Å². The van der Waals surface area contributed by atoms with Crippen LogP contribution in [0.25, 0.3) is 0 Å². The summed E-state index contributed by atoms with van der Waals surface area (Å²) in [5.74, 6) is -0.0278. The van der Waals surface area contributed by atoms with Crippen LogP contribution in [-0.4, -0.2) is 79.9 Å². The fourth-order valence-corrected chi connectivity index (χ4v) is 4.60. The number of sulfonamides is 1. The van der Waals surface area contributed by atoms with Crippen LogP contribution in [0.2, 0.25) is 0 Å². The summed E-state index contributed by atoms with van der Waals surface area (Å²) in [6.45, 7) is 2.41. The average molecular weight is 345 g/mol. The second-order valence-corrected chi connectivity index (χ2v) is 8.37. The first-order valence-corrected chi connectivity index (χ1v) is 10.2. The molecule has 7 nitrogen and oxygen atoms in total. The number of carbonyl (C=O) groups excluding carboxylic acids is 2. The van der Waals surface area contributed by atoms with Gasteiger partial charge in [0.2, 0.25) is 22.3 Å². The Labute approximate surface area is 138 Å². The Hall–Kier alpha value is -1.15. The van der Waals surface area contributed by atoms with Gasteiger partial charge in [-0.2, -0.15) is 4.31 Å². The van der Waals surface area contributed by atoms with Gasteiger partial charge in [-0.25, -0.2) is 8.42 Å². The monoisotopic (exact) mass is 345 g/mol. The van der Waals surface area contributed by atoms with E-state index in [4.69, 9.17) is 0 Å². The third-order valence-electron chi connectivity index (χ3n) is 4.77. The van der Waals surface area contributed by atoms with Gasteiger partial charge in [0, 0.05) is 45.2 Å². The summed E-state index contributed by atoms with van der Waals surface area (Å²) < 4.78 is 25.6. The third-order valence-corrected chi connectivity index (χ3v) is 6.10. The molecule has 0 unspecified atom stereocenters. The Morgan fingerprint density at radius 3 is 2.26 bits per heavy atom. The second kappa shape index (κ2) is 8.10. The Morgan fingerprint density at radius 2 is 1.74 bits per heavy atom. The molecule has 132 valence electrons. The van der Waals surface area contributed by atoms with Crippen LogP contribution in [0, 0.1) is 0 Å². The summed E-state index contributed by atoms with van der Waals surface area (Å²) in [6.07, 6.45) is 7.29. The zero-order valence-electron chi connectivity index (χ0n) is 13.8. The van der Waals surface area contributed by atoms with Crippen LogP contribution >= 0.6 is 0 Å². The van der Waals surface area contributed by atoms with Gasteiger partial charge in [-0.05, 0) is 12.8 Å². The van der Waals surface area contributed by atoms with E-state index in [0.29, 0.717) is 26.2 Å². The van der Waals surface area contributed by atoms with E-state index in [1.807, 2.05) is 0 Å². The quantitative estimate of drug-likeness (QED) is 0.648. The summed E-state index contributed by atoms with van der Waals surface area (Å²) in [6, 6.07) is 0.0402. The molecule has 1 saturated heterocycles. The largest absolute Gasteiger partial charge is 0.342 e. The van der Waals surface area contributed by atoms with Crippen LogP contribution < -0.4 is 0 Å². The van der Waals surface area contributed by atoms with E-state index in [-0.39, 0.29) is 24.9 Å². The van der Waals surface area contributed by atoms with Crippen molar-refractivity contribution in [2.45, 2.75) is 44.6 Å². The van der Waals surface area contributed by atoms with Gasteiger partial charge in [-0.15, -0.1) is 0 Å². The predicted octanol–water partition coefficient (Wildman–Crippen LogP) is 0.271. The van der Waals surface area contributed by atoms with Crippen molar-refractivity contribution in [3.05, 3.63) is 0 Å². The SMILES string of the molecule is CS(=O)(=O)N(CCC(=O)N1CCN(C=O)CC1)C1CCCCC1. The first kappa shape index (κ1) is 18.2. The van der Waals surface area contributed by atoms with Crippen LogP contribution in [0.3, 0.4) is 0 Å². The van der Waals surface area contributed by atoms with Crippen molar-refractivity contribution in [2.75, 3.05) is 39.0 Å². The van der Waals surface area contributed by atoms with Crippen molar-refractivity contribution < 1.29 is 18.0 Å². The highest BCUT2D eigenvalue weighted by atomic mass is 32.2. The first-order chi connectivity index (χ1) is 10.9. The lowest BCUT2D eigenvalue weighted by atomic mass is 9.95. The fourth-order valence-electron chi connectivity index (χ4n) is 3.43. The lowest BCUT2D eigenvalue weighted by molar-refractivity contribution is -0.135. The Balaban J connectivity index is 1.88. The second-order valence-electron chi connectivity index (χ2n) is 6.44. The molecule has 0 spiro atoms. The van der Waals surface area contributed by atoms with E-state index >= 15 is 0 Å². The fraction of sp³-hybridized carbons (Fsp3) is 0.867. The van der Waals surface area contributed by atoms with E-state index in [2.05, 4.69) is 0 Å². The summed E-state index contributed by atoms with van der Waals surface area (Å²) in [4.78, 5) is 26.4. The molecule has 0 atom stereocenters. The molecule has 0 bridgehead atoms. The standard InChI is InChI=1S/C15H27N3O4S/c1-23(21,22)18(14-5-3-2-4-6-14)8-7-15(20)17-11-9-16(13-19)10-12-17/h13-14H,2-12H2,1H3. The number of hydrogen-bond acceptors (Lipinski definition) is 4. The van der Waals surface area contributed by atoms with Gasteiger partial charge in [0.1, 0.15) is 0 Å². The number of hydrogen-bond donors (Lipinski definition) is 0. The Kier molecular flexibility index (Phi) is 6.41. The maximum absolute atomic E-state index is 12.3. The van der Waals surface area contributed by atoms with Gasteiger partial charge in [0.25, 0.3) is 0 Å². The molecule has 1 aliphatic heterocycles. The zero-order chi connectivity index (χ0) is 16.9. The molecule has 2 amide bonds. The molecule has 0 aromatic rings. The van der Waals surface area contributed by atoms with Gasteiger partial charge in [-0.3, -0.25) is 9.59 Å². The lowest BCUT2D eigenvalue weighted by Gasteiger charge is -2.35. The van der Waals surface area contributed by atoms with Crippen molar-refractivity contribution in [3.8, 4) is 0 Å². The minimum atomic E-state index is -3.30. The van der Waals surface area contributed by atoms with Gasteiger partial charge in [0.15, 0.2) is 0 Å². The highest BCUT2D eigenvalue weighted by Crippen LogP contribution is 2.24. The number of carbonyl (C=O) groups is 2. The molecule has 8 heteroatoms. The molecule has 0 radical (unpaired) electrons. The maximum Gasteiger partial charge on any atom is 0.224 e. The van der Waals surface area contributed by atoms with Crippen LogP contribution in [0.15, 0.2) is 0 Å². The molecule has 0 N–H and O–H groups in total. The zero-order valence-corrected chi connectivity index (χ0v) is 14.6. The molecular formula is C15H27N3O4S. The van der Waals surface area contributed by atoms with Crippen LogP contribution in [0.5, 0.6) is 0 Å². The van der Waals surface area contributed by atoms with Crippen molar-refractivity contribution in [1.29, 1.82) is 0 Å². The molecule has 0 aromatic carbocycles. The smallest absolute Gasteiger partial charge is 0.224 e. The number of amides is 2. The summed E-state index contributed by atoms with van der Waals surface area (Å²) in [5, 5.41) is 0. The molecule has 0 aromatic heterocycles. The van der Waals surface area contributed by atoms with E-state index < -0.39 is 10.0 Å². The van der Waals surface area contributed by atoms with E-state index in [0.717, 1.165) is 38.5 Å². The Morgan fingerprint density at radius 1 is 1.13 bits per heavy atom. The van der Waals surface area contributed by atoms with Crippen LogP contribution in [0.4, 0.5) is 0 Å². The van der Waals surface area contributed by atoms with E-state index in [9.17, 15) is 18.0 Å². The normalized spacial score (nSPS) is 20.8. The molecule has 1 aliphatic carbocycles. The summed E-state index contributed by atoms with van der Waals surface area (Å²) in [7, 11) is -3.30. The summed E-state index contributed by atoms with van der Waals surface area (Å²) >= 11 is 0. The van der Waals surface area contributed by atoms with Crippen LogP contribution in [-0.2, 0) is 19.6 Å². The number of nitrogens with zero attached hydrogens (tertiary/aromatic N) is 3. The van der Waals surface area contributed by atoms with Gasteiger partial charge in [-0.1, -0.05) is 19.3 Å². The van der Waals surface area contributed by atoms with Crippen molar-refractivity contribution in [3.63, 3.8) is 0 Å². The van der Waals surface area contributed by atoms with Gasteiger partial charge < -0.3 is 9.80 Å². The molecule has 2 fully saturated rings. The Bertz CT molecular complexity index is 509. The summed E-state index contributed by atoms with van der Waals surface area (Å²) in [5.41, 5.74) is 0. The highest BCUT2D eigenvalue weighted by Gasteiger charge is 2.29. The molecule has 2 aliphatic rings. The van der Waals surface area contributed by atoms with Gasteiger partial charge >= 0.3 is 0 Å². The van der Waals surface area contributed by atoms with Gasteiger partial charge in [0.05, 0.1) is 6.26 Å². The molecule has 2 rings (SSSR count). The van der Waals surface area contributed by atoms with Crippen molar-refractivity contribution in [2.24, 2.45) is 0 Å². The molecule has 1 saturated carbocycles. The minimum absolute atomic E-state index is 0.0278. The van der Waals surface area contributed by atoms with Crippen molar-refractivity contribution >= 4 is 22.3 Å². The third kappa shape index (κ3) is 5.17. The molecular weight excluding hydrogens is 318 g/mol. The number of rotatable bonds is 6. The average Bonchev–Trinajstić information content (AvgIpc) is 2.54. The molecule has 1 heterocycles.